The molecular weight excluding hydrogens is 296 g/mol. The van der Waals surface area contributed by atoms with Crippen LogP contribution in [0.5, 0.6) is 0 Å². The van der Waals surface area contributed by atoms with Gasteiger partial charge in [-0.1, -0.05) is 0 Å². The summed E-state index contributed by atoms with van der Waals surface area (Å²) < 4.78 is 34.1. The number of carboxylic acids is 1. The lowest BCUT2D eigenvalue weighted by Crippen LogP contribution is -2.40. The quantitative estimate of drug-likeness (QED) is 0.844. The minimum atomic E-state index is -3.71. The van der Waals surface area contributed by atoms with Crippen LogP contribution in [0.15, 0.2) is 17.2 Å². The summed E-state index contributed by atoms with van der Waals surface area (Å²) in [7, 11) is -3.71. The van der Waals surface area contributed by atoms with Crippen LogP contribution in [0.25, 0.3) is 0 Å². The summed E-state index contributed by atoms with van der Waals surface area (Å²) in [6.07, 6.45) is 4.74. The molecule has 1 aromatic rings. The Balaban J connectivity index is 1.84. The molecule has 7 nitrogen and oxygen atoms in total. The maximum Gasteiger partial charge on any atom is 0.352 e. The third-order valence-corrected chi connectivity index (χ3v) is 5.26. The molecule has 1 saturated carbocycles. The van der Waals surface area contributed by atoms with Gasteiger partial charge in [-0.25, -0.2) is 17.9 Å². The number of sulfonamides is 1. The summed E-state index contributed by atoms with van der Waals surface area (Å²) >= 11 is 0. The molecule has 1 unspecified atom stereocenters. The van der Waals surface area contributed by atoms with Crippen molar-refractivity contribution >= 4 is 16.0 Å². The Hall–Kier alpha value is -1.38. The average molecular weight is 314 g/mol. The van der Waals surface area contributed by atoms with Crippen molar-refractivity contribution in [3.05, 3.63) is 18.0 Å². The topological polar surface area (TPSA) is 97.6 Å². The van der Waals surface area contributed by atoms with E-state index in [4.69, 9.17) is 4.74 Å². The Kier molecular flexibility index (Phi) is 3.76. The average Bonchev–Trinajstić information content (AvgIpc) is 3.17. The molecule has 1 aliphatic heterocycles. The van der Waals surface area contributed by atoms with Gasteiger partial charge in [0.15, 0.2) is 0 Å². The van der Waals surface area contributed by atoms with Crippen molar-refractivity contribution in [2.24, 2.45) is 0 Å². The van der Waals surface area contributed by atoms with E-state index in [1.54, 1.807) is 4.57 Å². The van der Waals surface area contributed by atoms with Crippen molar-refractivity contribution in [1.82, 2.24) is 9.29 Å². The van der Waals surface area contributed by atoms with Gasteiger partial charge in [0.25, 0.3) is 0 Å². The van der Waals surface area contributed by atoms with Crippen LogP contribution in [-0.4, -0.2) is 43.3 Å². The van der Waals surface area contributed by atoms with Crippen LogP contribution in [0.3, 0.4) is 0 Å². The largest absolute Gasteiger partial charge is 0.477 e. The van der Waals surface area contributed by atoms with Crippen LogP contribution < -0.4 is 4.72 Å². The minimum absolute atomic E-state index is 0.0115. The zero-order chi connectivity index (χ0) is 15.0. The van der Waals surface area contributed by atoms with Crippen LogP contribution in [-0.2, 0) is 14.8 Å². The number of hydrogen-bond donors (Lipinski definition) is 2. The summed E-state index contributed by atoms with van der Waals surface area (Å²) in [4.78, 5) is 11.2. The third-order valence-electron chi connectivity index (χ3n) is 3.78. The Bertz CT molecular complexity index is 642. The first kappa shape index (κ1) is 14.6. The highest BCUT2D eigenvalue weighted by Crippen LogP contribution is 2.37. The van der Waals surface area contributed by atoms with E-state index in [9.17, 15) is 18.3 Å². The number of ether oxygens (including phenoxy) is 1. The van der Waals surface area contributed by atoms with Crippen molar-refractivity contribution in [2.45, 2.75) is 42.7 Å². The molecule has 2 aliphatic rings. The highest BCUT2D eigenvalue weighted by molar-refractivity contribution is 7.89. The van der Waals surface area contributed by atoms with E-state index in [-0.39, 0.29) is 22.7 Å². The number of nitrogens with zero attached hydrogens (tertiary/aromatic N) is 1. The Morgan fingerprint density at radius 2 is 2.14 bits per heavy atom. The number of aromatic carboxylic acids is 1. The Labute approximate surface area is 123 Å². The molecule has 0 radical (unpaired) electrons. The normalized spacial score (nSPS) is 23.1. The molecule has 116 valence electrons. The molecule has 2 heterocycles. The first-order valence-electron chi connectivity index (χ1n) is 7.02. The maximum absolute atomic E-state index is 12.4. The summed E-state index contributed by atoms with van der Waals surface area (Å²) in [6.45, 7) is 1.01. The van der Waals surface area contributed by atoms with Crippen LogP contribution in [0.4, 0.5) is 0 Å². The van der Waals surface area contributed by atoms with Crippen LogP contribution in [0.1, 0.15) is 42.2 Å². The SMILES string of the molecule is O=C(O)c1cc(S(=O)(=O)NC2CCCOC2)cn1C1CC1. The Morgan fingerprint density at radius 3 is 2.71 bits per heavy atom. The van der Waals surface area contributed by atoms with E-state index in [2.05, 4.69) is 4.72 Å². The van der Waals surface area contributed by atoms with E-state index in [1.165, 1.54) is 12.3 Å². The number of aromatic nitrogens is 1. The smallest absolute Gasteiger partial charge is 0.352 e. The molecule has 0 spiro atoms. The second-order valence-electron chi connectivity index (χ2n) is 5.54. The predicted octanol–water partition coefficient (Wildman–Crippen LogP) is 0.978. The number of nitrogens with one attached hydrogen (secondary N) is 1. The van der Waals surface area contributed by atoms with Gasteiger partial charge in [-0.05, 0) is 31.7 Å². The van der Waals surface area contributed by atoms with E-state index >= 15 is 0 Å². The lowest BCUT2D eigenvalue weighted by molar-refractivity contribution is 0.0685. The molecule has 0 amide bonds. The lowest BCUT2D eigenvalue weighted by Gasteiger charge is -2.22. The van der Waals surface area contributed by atoms with Gasteiger partial charge < -0.3 is 14.4 Å². The van der Waals surface area contributed by atoms with Crippen molar-refractivity contribution in [1.29, 1.82) is 0 Å². The predicted molar refractivity (Wildman–Crippen MR) is 73.8 cm³/mol. The molecule has 1 atom stereocenters. The van der Waals surface area contributed by atoms with Gasteiger partial charge in [-0.3, -0.25) is 0 Å². The first-order chi connectivity index (χ1) is 9.97. The minimum Gasteiger partial charge on any atom is -0.477 e. The fourth-order valence-electron chi connectivity index (χ4n) is 2.55. The van der Waals surface area contributed by atoms with E-state index in [0.717, 1.165) is 25.7 Å². The number of hydrogen-bond acceptors (Lipinski definition) is 4. The van der Waals surface area contributed by atoms with E-state index in [1.807, 2.05) is 0 Å². The van der Waals surface area contributed by atoms with E-state index in [0.29, 0.717) is 13.2 Å². The molecule has 0 aromatic carbocycles. The van der Waals surface area contributed by atoms with Gasteiger partial charge in [0.2, 0.25) is 10.0 Å². The van der Waals surface area contributed by atoms with Crippen molar-refractivity contribution in [2.75, 3.05) is 13.2 Å². The summed E-state index contributed by atoms with van der Waals surface area (Å²) in [5, 5.41) is 9.19. The van der Waals surface area contributed by atoms with Crippen molar-refractivity contribution < 1.29 is 23.1 Å². The standard InChI is InChI=1S/C13H18N2O5S/c16-13(17)12-6-11(7-15(12)10-3-4-10)21(18,19)14-9-2-1-5-20-8-9/h6-7,9-10,14H,1-5,8H2,(H,16,17). The molecule has 8 heteroatoms. The van der Waals surface area contributed by atoms with Gasteiger partial charge >= 0.3 is 5.97 Å². The second kappa shape index (κ2) is 5.43. The molecule has 3 rings (SSSR count). The lowest BCUT2D eigenvalue weighted by atomic mass is 10.1. The Morgan fingerprint density at radius 1 is 1.38 bits per heavy atom. The highest BCUT2D eigenvalue weighted by atomic mass is 32.2. The van der Waals surface area contributed by atoms with Gasteiger partial charge in [0.05, 0.1) is 6.61 Å². The second-order valence-corrected chi connectivity index (χ2v) is 7.25. The van der Waals surface area contributed by atoms with Gasteiger partial charge in [0, 0.05) is 24.9 Å². The zero-order valence-electron chi connectivity index (χ0n) is 11.5. The van der Waals surface area contributed by atoms with E-state index < -0.39 is 16.0 Å². The molecule has 1 aliphatic carbocycles. The molecule has 21 heavy (non-hydrogen) atoms. The summed E-state index contributed by atoms with van der Waals surface area (Å²) in [6, 6.07) is 1.09. The molecule has 2 N–H and O–H groups in total. The molecular formula is C13H18N2O5S. The molecule has 2 fully saturated rings. The molecule has 1 aromatic heterocycles. The fourth-order valence-corrected chi connectivity index (χ4v) is 3.83. The van der Waals surface area contributed by atoms with Crippen molar-refractivity contribution in [3.63, 3.8) is 0 Å². The molecule has 0 bridgehead atoms. The van der Waals surface area contributed by atoms with Crippen molar-refractivity contribution in [3.8, 4) is 0 Å². The van der Waals surface area contributed by atoms with Crippen LogP contribution in [0, 0.1) is 0 Å². The molecule has 1 saturated heterocycles. The highest BCUT2D eigenvalue weighted by Gasteiger charge is 2.31. The number of carboxylic acid groups (broad SMARTS) is 1. The van der Waals surface area contributed by atoms with Gasteiger partial charge in [0.1, 0.15) is 10.6 Å². The van der Waals surface area contributed by atoms with Crippen LogP contribution in [0.2, 0.25) is 0 Å². The maximum atomic E-state index is 12.4. The first-order valence-corrected chi connectivity index (χ1v) is 8.51. The van der Waals surface area contributed by atoms with Gasteiger partial charge in [-0.15, -0.1) is 0 Å². The fraction of sp³-hybridized carbons (Fsp3) is 0.615. The van der Waals surface area contributed by atoms with Gasteiger partial charge in [-0.2, -0.15) is 0 Å². The number of rotatable bonds is 5. The summed E-state index contributed by atoms with van der Waals surface area (Å²) in [5.41, 5.74) is 0.0257. The monoisotopic (exact) mass is 314 g/mol. The number of carbonyl (C=O) groups is 1. The van der Waals surface area contributed by atoms with Crippen LogP contribution >= 0.6 is 0 Å². The third kappa shape index (κ3) is 3.12. The summed E-state index contributed by atoms with van der Waals surface area (Å²) in [5.74, 6) is -1.11. The zero-order valence-corrected chi connectivity index (χ0v) is 12.3.